The zero-order valence-corrected chi connectivity index (χ0v) is 17.3. The SMILES string of the molecule is CN(C(=O)Sc1nnnn1-c1ccccc1)c1nn(Cc2ccccc2)c2[nH]ncc12. The minimum atomic E-state index is -0.264. The molecule has 154 valence electrons. The second-order valence-electron chi connectivity index (χ2n) is 6.73. The lowest BCUT2D eigenvalue weighted by Crippen LogP contribution is -2.23. The summed E-state index contributed by atoms with van der Waals surface area (Å²) < 4.78 is 3.33. The molecule has 0 bridgehead atoms. The van der Waals surface area contributed by atoms with Crippen molar-refractivity contribution < 1.29 is 4.79 Å². The number of amides is 1. The normalized spacial score (nSPS) is 11.1. The van der Waals surface area contributed by atoms with Crippen molar-refractivity contribution in [3.8, 4) is 5.69 Å². The number of nitrogens with one attached hydrogen (secondary N) is 1. The van der Waals surface area contributed by atoms with Gasteiger partial charge in [0, 0.05) is 18.8 Å². The Balaban J connectivity index is 1.41. The molecule has 0 atom stereocenters. The van der Waals surface area contributed by atoms with Gasteiger partial charge in [-0.3, -0.25) is 14.8 Å². The van der Waals surface area contributed by atoms with Crippen molar-refractivity contribution in [2.75, 3.05) is 11.9 Å². The van der Waals surface area contributed by atoms with E-state index in [0.29, 0.717) is 17.5 Å². The zero-order chi connectivity index (χ0) is 21.2. The van der Waals surface area contributed by atoms with Crippen LogP contribution >= 0.6 is 11.8 Å². The van der Waals surface area contributed by atoms with Gasteiger partial charge in [0.25, 0.3) is 5.24 Å². The predicted molar refractivity (Wildman–Crippen MR) is 116 cm³/mol. The number of thioether (sulfide) groups is 1. The molecular weight excluding hydrogens is 414 g/mol. The molecule has 0 saturated heterocycles. The van der Waals surface area contributed by atoms with Gasteiger partial charge in [0.2, 0.25) is 5.16 Å². The molecule has 5 aromatic rings. The molecule has 0 unspecified atom stereocenters. The second kappa shape index (κ2) is 8.03. The van der Waals surface area contributed by atoms with Crippen LogP contribution in [0.5, 0.6) is 0 Å². The van der Waals surface area contributed by atoms with E-state index in [9.17, 15) is 4.79 Å². The van der Waals surface area contributed by atoms with Crippen LogP contribution in [-0.2, 0) is 6.54 Å². The van der Waals surface area contributed by atoms with Crippen molar-refractivity contribution >= 4 is 33.9 Å². The van der Waals surface area contributed by atoms with E-state index >= 15 is 0 Å². The van der Waals surface area contributed by atoms with Crippen LogP contribution in [0, 0.1) is 0 Å². The van der Waals surface area contributed by atoms with Gasteiger partial charge in [0.1, 0.15) is 0 Å². The first-order valence-electron chi connectivity index (χ1n) is 9.44. The van der Waals surface area contributed by atoms with Crippen molar-refractivity contribution in [1.82, 2.24) is 40.2 Å². The van der Waals surface area contributed by atoms with Crippen LogP contribution < -0.4 is 4.90 Å². The number of hydrogen-bond acceptors (Lipinski definition) is 7. The number of H-pyrrole nitrogens is 1. The number of rotatable bonds is 5. The van der Waals surface area contributed by atoms with Gasteiger partial charge in [-0.1, -0.05) is 48.5 Å². The molecule has 3 heterocycles. The maximum Gasteiger partial charge on any atom is 0.294 e. The highest BCUT2D eigenvalue weighted by Gasteiger charge is 2.23. The molecular formula is C20H17N9OS. The predicted octanol–water partition coefficient (Wildman–Crippen LogP) is 3.13. The highest BCUT2D eigenvalue weighted by Crippen LogP contribution is 2.28. The molecule has 0 fully saturated rings. The van der Waals surface area contributed by atoms with Crippen LogP contribution in [0.2, 0.25) is 0 Å². The smallest absolute Gasteiger partial charge is 0.288 e. The lowest BCUT2D eigenvalue weighted by molar-refractivity contribution is 0.266. The van der Waals surface area contributed by atoms with Crippen LogP contribution in [-0.4, -0.2) is 52.5 Å². The number of fused-ring (bicyclic) bond motifs is 1. The van der Waals surface area contributed by atoms with Crippen LogP contribution in [0.25, 0.3) is 16.7 Å². The van der Waals surface area contributed by atoms with Gasteiger partial charge in [0.05, 0.1) is 23.8 Å². The molecule has 0 radical (unpaired) electrons. The molecule has 3 aromatic heterocycles. The molecule has 0 aliphatic carbocycles. The van der Waals surface area contributed by atoms with E-state index in [2.05, 4.69) is 30.8 Å². The van der Waals surface area contributed by atoms with E-state index in [4.69, 9.17) is 0 Å². The van der Waals surface area contributed by atoms with Crippen molar-refractivity contribution in [2.45, 2.75) is 11.7 Å². The van der Waals surface area contributed by atoms with Crippen LogP contribution in [0.4, 0.5) is 10.6 Å². The van der Waals surface area contributed by atoms with Gasteiger partial charge >= 0.3 is 0 Å². The summed E-state index contributed by atoms with van der Waals surface area (Å²) >= 11 is 0.933. The molecule has 5 rings (SSSR count). The molecule has 1 N–H and O–H groups in total. The van der Waals surface area contributed by atoms with E-state index in [-0.39, 0.29) is 5.24 Å². The Morgan fingerprint density at radius 3 is 2.61 bits per heavy atom. The third-order valence-corrected chi connectivity index (χ3v) is 5.61. The number of carbonyl (C=O) groups is 1. The number of para-hydroxylation sites is 1. The summed E-state index contributed by atoms with van der Waals surface area (Å²) in [6, 6.07) is 19.4. The van der Waals surface area contributed by atoms with Gasteiger partial charge in [-0.25, -0.2) is 4.68 Å². The van der Waals surface area contributed by atoms with Crippen molar-refractivity contribution in [1.29, 1.82) is 0 Å². The number of nitrogens with zero attached hydrogens (tertiary/aromatic N) is 8. The maximum atomic E-state index is 13.0. The summed E-state index contributed by atoms with van der Waals surface area (Å²) in [7, 11) is 1.67. The van der Waals surface area contributed by atoms with Gasteiger partial charge in [0.15, 0.2) is 11.5 Å². The topological polar surface area (TPSA) is 110 Å². The van der Waals surface area contributed by atoms with Crippen LogP contribution in [0.1, 0.15) is 5.56 Å². The largest absolute Gasteiger partial charge is 0.294 e. The van der Waals surface area contributed by atoms with Crippen molar-refractivity contribution in [3.63, 3.8) is 0 Å². The average Bonchev–Trinajstić information content (AvgIpc) is 3.53. The number of carbonyl (C=O) groups excluding carboxylic acids is 1. The molecule has 0 saturated carbocycles. The van der Waals surface area contributed by atoms with Gasteiger partial charge in [-0.15, -0.1) is 5.10 Å². The first-order valence-corrected chi connectivity index (χ1v) is 10.3. The molecule has 1 amide bonds. The van der Waals surface area contributed by atoms with E-state index in [1.54, 1.807) is 17.9 Å². The first kappa shape index (κ1) is 19.0. The molecule has 31 heavy (non-hydrogen) atoms. The fraction of sp³-hybridized carbons (Fsp3) is 0.100. The highest BCUT2D eigenvalue weighted by atomic mass is 32.2. The minimum Gasteiger partial charge on any atom is -0.288 e. The maximum absolute atomic E-state index is 13.0. The van der Waals surface area contributed by atoms with Crippen molar-refractivity contribution in [3.05, 3.63) is 72.4 Å². The Labute approximate surface area is 180 Å². The molecule has 0 spiro atoms. The number of anilines is 1. The summed E-state index contributed by atoms with van der Waals surface area (Å²) in [5, 5.41) is 24.3. The van der Waals surface area contributed by atoms with E-state index in [0.717, 1.165) is 34.0 Å². The van der Waals surface area contributed by atoms with Crippen LogP contribution in [0.3, 0.4) is 0 Å². The Hall–Kier alpha value is -3.99. The van der Waals surface area contributed by atoms with Crippen LogP contribution in [0.15, 0.2) is 72.0 Å². The summed E-state index contributed by atoms with van der Waals surface area (Å²) in [5.41, 5.74) is 2.62. The molecule has 10 nitrogen and oxygen atoms in total. The standard InChI is InChI=1S/C20H17N9OS/c1-27(20(30)31-19-23-25-26-29(19)15-10-6-3-7-11-15)18-16-12-21-22-17(16)28(24-18)13-14-8-4-2-5-9-14/h2-12H,13H2,1H3,(H,21,22). The lowest BCUT2D eigenvalue weighted by atomic mass is 10.2. The van der Waals surface area contributed by atoms with E-state index in [1.807, 2.05) is 60.7 Å². The zero-order valence-electron chi connectivity index (χ0n) is 16.5. The third kappa shape index (κ3) is 3.66. The molecule has 0 aliphatic rings. The molecule has 11 heteroatoms. The second-order valence-corrected chi connectivity index (χ2v) is 7.65. The summed E-state index contributed by atoms with van der Waals surface area (Å²) in [4.78, 5) is 14.5. The quantitative estimate of drug-likeness (QED) is 0.426. The van der Waals surface area contributed by atoms with Gasteiger partial charge in [-0.05, 0) is 28.1 Å². The fourth-order valence-electron chi connectivity index (χ4n) is 3.18. The fourth-order valence-corrected chi connectivity index (χ4v) is 3.87. The monoisotopic (exact) mass is 431 g/mol. The Morgan fingerprint density at radius 2 is 1.84 bits per heavy atom. The Bertz CT molecular complexity index is 1330. The third-order valence-electron chi connectivity index (χ3n) is 4.72. The van der Waals surface area contributed by atoms with Gasteiger partial charge in [-0.2, -0.15) is 14.9 Å². The minimum absolute atomic E-state index is 0.264. The Morgan fingerprint density at radius 1 is 1.10 bits per heavy atom. The summed E-state index contributed by atoms with van der Waals surface area (Å²) in [6.45, 7) is 0.557. The van der Waals surface area contributed by atoms with Gasteiger partial charge < -0.3 is 0 Å². The number of aromatic nitrogens is 8. The molecule has 0 aliphatic heterocycles. The van der Waals surface area contributed by atoms with Crippen molar-refractivity contribution in [2.24, 2.45) is 0 Å². The highest BCUT2D eigenvalue weighted by molar-refractivity contribution is 8.13. The number of tetrazole rings is 1. The lowest BCUT2D eigenvalue weighted by Gasteiger charge is -2.13. The van der Waals surface area contributed by atoms with E-state index in [1.165, 1.54) is 9.58 Å². The first-order chi connectivity index (χ1) is 15.2. The number of benzene rings is 2. The molecule has 2 aromatic carbocycles. The average molecular weight is 431 g/mol. The summed E-state index contributed by atoms with van der Waals surface area (Å²) in [5.74, 6) is 0.510. The summed E-state index contributed by atoms with van der Waals surface area (Å²) in [6.07, 6.45) is 1.67. The number of aromatic amines is 1. The van der Waals surface area contributed by atoms with E-state index < -0.39 is 0 Å². The number of hydrogen-bond donors (Lipinski definition) is 1. The Kier molecular flexibility index (Phi) is 4.92.